The lowest BCUT2D eigenvalue weighted by atomic mass is 10.3. The Hall–Kier alpha value is -1.30. The number of hydrogen-bond donors (Lipinski definition) is 2. The maximum Gasteiger partial charge on any atom is 0.332 e. The van der Waals surface area contributed by atoms with Gasteiger partial charge in [0, 0.05) is 5.02 Å². The second kappa shape index (κ2) is 6.58. The molecule has 0 saturated carbocycles. The zero-order chi connectivity index (χ0) is 13.7. The van der Waals surface area contributed by atoms with E-state index in [2.05, 4.69) is 5.32 Å². The number of rotatable bonds is 5. The van der Waals surface area contributed by atoms with Crippen LogP contribution < -0.4 is 5.32 Å². The van der Waals surface area contributed by atoms with Crippen LogP contribution in [0.25, 0.3) is 0 Å². The van der Waals surface area contributed by atoms with Gasteiger partial charge in [0.25, 0.3) is 0 Å². The summed E-state index contributed by atoms with van der Waals surface area (Å²) in [6, 6.07) is 4.62. The summed E-state index contributed by atoms with van der Waals surface area (Å²) in [5.41, 5.74) is 0.348. The molecule has 0 aliphatic carbocycles. The number of carbonyl (C=O) groups is 2. The molecule has 2 N–H and O–H groups in total. The highest BCUT2D eigenvalue weighted by atomic mass is 35.5. The lowest BCUT2D eigenvalue weighted by molar-refractivity contribution is -0.150. The van der Waals surface area contributed by atoms with E-state index in [1.165, 1.54) is 13.0 Å². The zero-order valence-electron chi connectivity index (χ0n) is 9.44. The minimum absolute atomic E-state index is 0.332. The highest BCUT2D eigenvalue weighted by Gasteiger charge is 2.14. The second-order valence-corrected chi connectivity index (χ2v) is 4.31. The number of amides is 1. The normalized spacial score (nSPS) is 11.9. The van der Waals surface area contributed by atoms with E-state index in [0.29, 0.717) is 15.7 Å². The van der Waals surface area contributed by atoms with E-state index in [0.717, 1.165) is 0 Å². The van der Waals surface area contributed by atoms with Gasteiger partial charge in [-0.3, -0.25) is 4.79 Å². The van der Waals surface area contributed by atoms with Crippen molar-refractivity contribution < 1.29 is 19.4 Å². The van der Waals surface area contributed by atoms with E-state index >= 15 is 0 Å². The summed E-state index contributed by atoms with van der Waals surface area (Å²) in [5.74, 6) is -1.64. The minimum atomic E-state index is -1.14. The van der Waals surface area contributed by atoms with Crippen molar-refractivity contribution in [2.45, 2.75) is 13.0 Å². The molecule has 0 aliphatic heterocycles. The Bertz CT molecular complexity index is 464. The quantitative estimate of drug-likeness (QED) is 0.874. The molecule has 0 aromatic heterocycles. The number of carboxylic acids is 1. The first-order valence-electron chi connectivity index (χ1n) is 4.99. The average Bonchev–Trinajstić information content (AvgIpc) is 2.30. The van der Waals surface area contributed by atoms with Crippen LogP contribution in [0.15, 0.2) is 18.2 Å². The standard InChI is InChI=1S/C11H11Cl2NO4/c1-6(11(16)17)18-5-10(15)14-9-4-7(12)2-3-8(9)13/h2-4,6H,5H2,1H3,(H,14,15)(H,16,17)/t6-/m1/s1. The summed E-state index contributed by atoms with van der Waals surface area (Å²) in [4.78, 5) is 21.9. The van der Waals surface area contributed by atoms with Crippen LogP contribution in [-0.2, 0) is 14.3 Å². The van der Waals surface area contributed by atoms with Gasteiger partial charge in [-0.1, -0.05) is 23.2 Å². The van der Waals surface area contributed by atoms with Crippen LogP contribution in [0.3, 0.4) is 0 Å². The summed E-state index contributed by atoms with van der Waals surface area (Å²) < 4.78 is 4.82. The van der Waals surface area contributed by atoms with Crippen LogP contribution >= 0.6 is 23.2 Å². The fourth-order valence-electron chi connectivity index (χ4n) is 1.05. The van der Waals surface area contributed by atoms with Crippen molar-refractivity contribution in [3.8, 4) is 0 Å². The number of ether oxygens (including phenoxy) is 1. The third kappa shape index (κ3) is 4.52. The first-order valence-corrected chi connectivity index (χ1v) is 5.75. The Labute approximate surface area is 114 Å². The Kier molecular flexibility index (Phi) is 5.40. The molecule has 0 saturated heterocycles. The number of aliphatic carboxylic acids is 1. The van der Waals surface area contributed by atoms with Crippen molar-refractivity contribution in [2.24, 2.45) is 0 Å². The van der Waals surface area contributed by atoms with Crippen LogP contribution in [0.2, 0.25) is 10.0 Å². The van der Waals surface area contributed by atoms with E-state index in [1.54, 1.807) is 12.1 Å². The summed E-state index contributed by atoms with van der Waals surface area (Å²) >= 11 is 11.6. The molecule has 0 heterocycles. The predicted molar refractivity (Wildman–Crippen MR) is 68.1 cm³/mol. The summed E-state index contributed by atoms with van der Waals surface area (Å²) in [7, 11) is 0. The largest absolute Gasteiger partial charge is 0.479 e. The number of nitrogens with one attached hydrogen (secondary N) is 1. The Balaban J connectivity index is 2.54. The van der Waals surface area contributed by atoms with Gasteiger partial charge in [-0.15, -0.1) is 0 Å². The molecule has 0 spiro atoms. The van der Waals surface area contributed by atoms with Crippen molar-refractivity contribution >= 4 is 40.8 Å². The van der Waals surface area contributed by atoms with Crippen molar-refractivity contribution in [1.29, 1.82) is 0 Å². The number of carboxylic acid groups (broad SMARTS) is 1. The third-order valence-electron chi connectivity index (χ3n) is 2.01. The Morgan fingerprint density at radius 3 is 2.72 bits per heavy atom. The molecule has 5 nitrogen and oxygen atoms in total. The lowest BCUT2D eigenvalue weighted by Gasteiger charge is -2.10. The predicted octanol–water partition coefficient (Wildman–Crippen LogP) is 2.42. The Morgan fingerprint density at radius 1 is 1.44 bits per heavy atom. The fraction of sp³-hybridized carbons (Fsp3) is 0.273. The van der Waals surface area contributed by atoms with Gasteiger partial charge in [-0.05, 0) is 25.1 Å². The molecule has 1 atom stereocenters. The maximum absolute atomic E-state index is 11.5. The van der Waals surface area contributed by atoms with Gasteiger partial charge >= 0.3 is 5.97 Å². The molecule has 1 aromatic carbocycles. The third-order valence-corrected chi connectivity index (χ3v) is 2.58. The van der Waals surface area contributed by atoms with Crippen LogP contribution in [0.4, 0.5) is 5.69 Å². The molecule has 18 heavy (non-hydrogen) atoms. The second-order valence-electron chi connectivity index (χ2n) is 3.46. The number of anilines is 1. The molecule has 0 unspecified atom stereocenters. The fourth-order valence-corrected chi connectivity index (χ4v) is 1.39. The smallest absolute Gasteiger partial charge is 0.332 e. The first-order chi connectivity index (χ1) is 8.40. The van der Waals surface area contributed by atoms with E-state index in [-0.39, 0.29) is 6.61 Å². The number of benzene rings is 1. The van der Waals surface area contributed by atoms with Gasteiger partial charge in [0.05, 0.1) is 10.7 Å². The van der Waals surface area contributed by atoms with Crippen LogP contribution in [-0.4, -0.2) is 29.7 Å². The van der Waals surface area contributed by atoms with E-state index < -0.39 is 18.0 Å². The molecule has 0 bridgehead atoms. The molecule has 1 amide bonds. The van der Waals surface area contributed by atoms with Crippen LogP contribution in [0.1, 0.15) is 6.92 Å². The minimum Gasteiger partial charge on any atom is -0.479 e. The lowest BCUT2D eigenvalue weighted by Crippen LogP contribution is -2.26. The van der Waals surface area contributed by atoms with Gasteiger partial charge in [0.1, 0.15) is 6.61 Å². The van der Waals surface area contributed by atoms with Crippen molar-refractivity contribution in [2.75, 3.05) is 11.9 Å². The molecule has 0 fully saturated rings. The molecular weight excluding hydrogens is 281 g/mol. The summed E-state index contributed by atoms with van der Waals surface area (Å²) in [5, 5.41) is 11.8. The maximum atomic E-state index is 11.5. The molecule has 1 aromatic rings. The van der Waals surface area contributed by atoms with Crippen molar-refractivity contribution in [1.82, 2.24) is 0 Å². The van der Waals surface area contributed by atoms with Crippen molar-refractivity contribution in [3.05, 3.63) is 28.2 Å². The monoisotopic (exact) mass is 291 g/mol. The number of halogens is 2. The van der Waals surface area contributed by atoms with E-state index in [9.17, 15) is 9.59 Å². The SMILES string of the molecule is C[C@@H](OCC(=O)Nc1cc(Cl)ccc1Cl)C(=O)O. The highest BCUT2D eigenvalue weighted by molar-refractivity contribution is 6.35. The van der Waals surface area contributed by atoms with E-state index in [1.807, 2.05) is 0 Å². The zero-order valence-corrected chi connectivity index (χ0v) is 11.0. The van der Waals surface area contributed by atoms with Crippen LogP contribution in [0.5, 0.6) is 0 Å². The van der Waals surface area contributed by atoms with E-state index in [4.69, 9.17) is 33.0 Å². The topological polar surface area (TPSA) is 75.6 Å². The highest BCUT2D eigenvalue weighted by Crippen LogP contribution is 2.25. The number of carbonyl (C=O) groups excluding carboxylic acids is 1. The first kappa shape index (κ1) is 14.8. The van der Waals surface area contributed by atoms with Gasteiger partial charge in [0.2, 0.25) is 5.91 Å². The average molecular weight is 292 g/mol. The van der Waals surface area contributed by atoms with Gasteiger partial charge in [-0.2, -0.15) is 0 Å². The van der Waals surface area contributed by atoms with Crippen molar-refractivity contribution in [3.63, 3.8) is 0 Å². The molecule has 0 radical (unpaired) electrons. The van der Waals surface area contributed by atoms with Gasteiger partial charge in [0.15, 0.2) is 6.10 Å². The van der Waals surface area contributed by atoms with Gasteiger partial charge < -0.3 is 15.2 Å². The Morgan fingerprint density at radius 2 is 2.11 bits per heavy atom. The van der Waals surface area contributed by atoms with Gasteiger partial charge in [-0.25, -0.2) is 4.79 Å². The molecule has 0 aliphatic rings. The summed E-state index contributed by atoms with van der Waals surface area (Å²) in [6.45, 7) is 0.957. The molecule has 98 valence electrons. The molecule has 7 heteroatoms. The summed E-state index contributed by atoms with van der Waals surface area (Å²) in [6.07, 6.45) is -1.05. The molecule has 1 rings (SSSR count). The molecular formula is C11H11Cl2NO4. The number of hydrogen-bond acceptors (Lipinski definition) is 3. The van der Waals surface area contributed by atoms with Crippen LogP contribution in [0, 0.1) is 0 Å².